The number of oxazole rings is 1. The highest BCUT2D eigenvalue weighted by atomic mass is 19.1. The molecular weight excluding hydrogens is 563 g/mol. The van der Waals surface area contributed by atoms with E-state index in [9.17, 15) is 14.0 Å². The maximum Gasteiger partial charge on any atom is 0.255 e. The van der Waals surface area contributed by atoms with Crippen LogP contribution in [-0.4, -0.2) is 28.9 Å². The molecule has 2 amide bonds. The summed E-state index contributed by atoms with van der Waals surface area (Å²) in [5.74, 6) is -0.152. The molecule has 6 aromatic rings. The van der Waals surface area contributed by atoms with Crippen LogP contribution in [0.25, 0.3) is 33.4 Å². The van der Waals surface area contributed by atoms with Crippen LogP contribution in [-0.2, 0) is 12.0 Å². The average Bonchev–Trinajstić information content (AvgIpc) is 3.49. The quantitative estimate of drug-likeness (QED) is 0.216. The highest BCUT2D eigenvalue weighted by molar-refractivity contribution is 6.10. The molecule has 0 aliphatic heterocycles. The van der Waals surface area contributed by atoms with Gasteiger partial charge in [-0.1, -0.05) is 6.07 Å². The van der Waals surface area contributed by atoms with E-state index in [2.05, 4.69) is 15.3 Å². The van der Waals surface area contributed by atoms with E-state index in [1.54, 1.807) is 36.7 Å². The lowest BCUT2D eigenvalue weighted by atomic mass is 9.95. The van der Waals surface area contributed by atoms with Crippen LogP contribution in [0, 0.1) is 12.7 Å². The number of furan rings is 1. The molecule has 220 valence electrons. The van der Waals surface area contributed by atoms with Crippen LogP contribution in [0.2, 0.25) is 0 Å². The van der Waals surface area contributed by atoms with Crippen LogP contribution in [0.4, 0.5) is 4.39 Å². The molecule has 1 fully saturated rings. The summed E-state index contributed by atoms with van der Waals surface area (Å²) in [7, 11) is 1.53. The minimum atomic E-state index is -0.689. The second kappa shape index (κ2) is 10.3. The average molecular weight is 591 g/mol. The molecule has 7 rings (SSSR count). The van der Waals surface area contributed by atoms with Crippen molar-refractivity contribution in [3.8, 4) is 17.1 Å². The Morgan fingerprint density at radius 2 is 1.84 bits per heavy atom. The summed E-state index contributed by atoms with van der Waals surface area (Å²) >= 11 is 0. The number of benzene rings is 3. The maximum absolute atomic E-state index is 13.7. The van der Waals surface area contributed by atoms with Crippen molar-refractivity contribution in [1.82, 2.24) is 15.3 Å². The fourth-order valence-electron chi connectivity index (χ4n) is 5.57. The number of carbonyl (C=O) groups excluding carboxylic acids is 2. The number of carbonyl (C=O) groups is 2. The zero-order valence-electron chi connectivity index (χ0n) is 23.9. The minimum Gasteiger partial charge on any atom is -0.496 e. The van der Waals surface area contributed by atoms with Gasteiger partial charge >= 0.3 is 0 Å². The van der Waals surface area contributed by atoms with Crippen LogP contribution < -0.4 is 15.8 Å². The van der Waals surface area contributed by atoms with Gasteiger partial charge in [0.1, 0.15) is 34.0 Å². The maximum atomic E-state index is 13.7. The Morgan fingerprint density at radius 1 is 1.05 bits per heavy atom. The molecule has 3 aromatic heterocycles. The van der Waals surface area contributed by atoms with Gasteiger partial charge in [-0.15, -0.1) is 0 Å². The van der Waals surface area contributed by atoms with Crippen LogP contribution in [0.15, 0.2) is 81.9 Å². The van der Waals surface area contributed by atoms with Crippen molar-refractivity contribution in [2.75, 3.05) is 7.11 Å². The number of fused-ring (bicyclic) bond motifs is 2. The van der Waals surface area contributed by atoms with Gasteiger partial charge in [0.25, 0.3) is 11.8 Å². The number of pyridine rings is 1. The number of nitrogens with one attached hydrogen (secondary N) is 1. The summed E-state index contributed by atoms with van der Waals surface area (Å²) in [5.41, 5.74) is 10.7. The van der Waals surface area contributed by atoms with Gasteiger partial charge in [-0.25, -0.2) is 9.37 Å². The number of hydrogen-bond acceptors (Lipinski definition) is 7. The highest BCUT2D eigenvalue weighted by Crippen LogP contribution is 2.46. The first-order valence-electron chi connectivity index (χ1n) is 14.1. The fraction of sp³-hybridized carbons (Fsp3) is 0.176. The Labute approximate surface area is 250 Å². The molecule has 9 nitrogen and oxygen atoms in total. The number of primary amides is 1. The van der Waals surface area contributed by atoms with Gasteiger partial charge in [-0.3, -0.25) is 14.6 Å². The third-order valence-electron chi connectivity index (χ3n) is 8.11. The number of aromatic nitrogens is 2. The van der Waals surface area contributed by atoms with Gasteiger partial charge in [0.05, 0.1) is 24.4 Å². The molecule has 0 spiro atoms. The van der Waals surface area contributed by atoms with E-state index >= 15 is 0 Å². The van der Waals surface area contributed by atoms with Crippen LogP contribution >= 0.6 is 0 Å². The third kappa shape index (κ3) is 4.74. The summed E-state index contributed by atoms with van der Waals surface area (Å²) in [6.45, 7) is 1.95. The van der Waals surface area contributed by atoms with Gasteiger partial charge in [0.2, 0.25) is 5.89 Å². The van der Waals surface area contributed by atoms with Crippen molar-refractivity contribution in [3.63, 3.8) is 0 Å². The SMILES string of the molecule is COc1cc(C)c(Cc2ccc3oc(-c4ccc(F)cc4)c(C(N)=O)c3c2)cc1C(=O)NC1(c2nc3ccncc3o2)CC1. The lowest BCUT2D eigenvalue weighted by Crippen LogP contribution is -2.35. The normalized spacial score (nSPS) is 13.7. The predicted octanol–water partition coefficient (Wildman–Crippen LogP) is 6.20. The Bertz CT molecular complexity index is 2060. The number of aryl methyl sites for hydroxylation is 1. The highest BCUT2D eigenvalue weighted by Gasteiger charge is 2.50. The van der Waals surface area contributed by atoms with Crippen molar-refractivity contribution >= 4 is 33.9 Å². The minimum absolute atomic E-state index is 0.227. The van der Waals surface area contributed by atoms with E-state index in [1.165, 1.54) is 19.2 Å². The second-order valence-corrected chi connectivity index (χ2v) is 11.1. The number of rotatable bonds is 8. The molecule has 0 saturated heterocycles. The summed E-state index contributed by atoms with van der Waals surface area (Å²) in [5, 5.41) is 3.69. The van der Waals surface area contributed by atoms with E-state index in [4.69, 9.17) is 19.3 Å². The molecule has 3 N–H and O–H groups in total. The summed E-state index contributed by atoms with van der Waals surface area (Å²) in [4.78, 5) is 34.9. The van der Waals surface area contributed by atoms with Crippen LogP contribution in [0.1, 0.15) is 56.1 Å². The number of hydrogen-bond donors (Lipinski definition) is 2. The van der Waals surface area contributed by atoms with Gasteiger partial charge in [0.15, 0.2) is 5.58 Å². The van der Waals surface area contributed by atoms with Gasteiger partial charge < -0.3 is 24.6 Å². The molecule has 3 heterocycles. The van der Waals surface area contributed by atoms with E-state index in [0.717, 1.165) is 16.7 Å². The number of amides is 2. The number of ether oxygens (including phenoxy) is 1. The van der Waals surface area contributed by atoms with Crippen molar-refractivity contribution in [2.45, 2.75) is 31.7 Å². The van der Waals surface area contributed by atoms with E-state index < -0.39 is 17.3 Å². The molecule has 1 aliphatic carbocycles. The fourth-order valence-corrected chi connectivity index (χ4v) is 5.57. The lowest BCUT2D eigenvalue weighted by Gasteiger charge is -2.17. The molecular formula is C34H27FN4O5. The lowest BCUT2D eigenvalue weighted by molar-refractivity contribution is 0.0919. The monoisotopic (exact) mass is 590 g/mol. The standard InChI is InChI=1S/C34H27FN4O5/c1-18-13-27(42-2)24(32(41)39-34(10-11-34)33-38-25-9-12-37-17-28(25)44-33)16-21(18)14-19-3-8-26-23(15-19)29(31(36)40)30(43-26)20-4-6-22(35)7-5-20/h3-9,12-13,15-17H,10-11,14H2,1-2H3,(H2,36,40)(H,39,41). The number of nitrogens with two attached hydrogens (primary N) is 1. The second-order valence-electron chi connectivity index (χ2n) is 11.1. The molecule has 3 aromatic carbocycles. The van der Waals surface area contributed by atoms with Crippen LogP contribution in [0.3, 0.4) is 0 Å². The Morgan fingerprint density at radius 3 is 2.55 bits per heavy atom. The Hall–Kier alpha value is -5.51. The van der Waals surface area contributed by atoms with Crippen molar-refractivity contribution < 1.29 is 27.6 Å². The van der Waals surface area contributed by atoms with E-state index in [-0.39, 0.29) is 17.2 Å². The van der Waals surface area contributed by atoms with Crippen molar-refractivity contribution in [2.24, 2.45) is 5.73 Å². The zero-order valence-corrected chi connectivity index (χ0v) is 23.9. The predicted molar refractivity (Wildman–Crippen MR) is 161 cm³/mol. The number of nitrogens with zero attached hydrogens (tertiary/aromatic N) is 2. The molecule has 44 heavy (non-hydrogen) atoms. The summed E-state index contributed by atoms with van der Waals surface area (Å²) in [6.07, 6.45) is 5.12. The number of methoxy groups -OCH3 is 1. The molecule has 0 atom stereocenters. The smallest absolute Gasteiger partial charge is 0.255 e. The summed E-state index contributed by atoms with van der Waals surface area (Å²) in [6, 6.07) is 16.7. The van der Waals surface area contributed by atoms with Gasteiger partial charge in [0, 0.05) is 17.1 Å². The third-order valence-corrected chi connectivity index (χ3v) is 8.11. The first-order chi connectivity index (χ1) is 21.2. The molecule has 0 bridgehead atoms. The van der Waals surface area contributed by atoms with Crippen LogP contribution in [0.5, 0.6) is 5.75 Å². The van der Waals surface area contributed by atoms with Crippen molar-refractivity contribution in [1.29, 1.82) is 0 Å². The first-order valence-corrected chi connectivity index (χ1v) is 14.1. The largest absolute Gasteiger partial charge is 0.496 e. The molecule has 1 saturated carbocycles. The van der Waals surface area contributed by atoms with Crippen molar-refractivity contribution in [3.05, 3.63) is 113 Å². The first kappa shape index (κ1) is 27.3. The Kier molecular flexibility index (Phi) is 6.42. The molecule has 0 radical (unpaired) electrons. The molecule has 0 unspecified atom stereocenters. The summed E-state index contributed by atoms with van der Waals surface area (Å²) < 4.78 is 31.0. The van der Waals surface area contributed by atoms with E-state index in [1.807, 2.05) is 31.2 Å². The number of halogens is 1. The van der Waals surface area contributed by atoms with Gasteiger partial charge in [-0.05, 0) is 97.5 Å². The van der Waals surface area contributed by atoms with Gasteiger partial charge in [-0.2, -0.15) is 0 Å². The zero-order chi connectivity index (χ0) is 30.6. The van der Waals surface area contributed by atoms with E-state index in [0.29, 0.717) is 64.1 Å². The molecule has 1 aliphatic rings. The Balaban J connectivity index is 1.20. The molecule has 10 heteroatoms. The topological polar surface area (TPSA) is 133 Å².